The highest BCUT2D eigenvalue weighted by Crippen LogP contribution is 2.34. The van der Waals surface area contributed by atoms with Crippen LogP contribution in [0.1, 0.15) is 13.8 Å². The number of hydrogen-bond acceptors (Lipinski definition) is 2. The van der Waals surface area contributed by atoms with Crippen molar-refractivity contribution in [3.63, 3.8) is 0 Å². The van der Waals surface area contributed by atoms with Gasteiger partial charge < -0.3 is 4.90 Å². The molecular formula is C21H20N2. The Morgan fingerprint density at radius 1 is 0.696 bits per heavy atom. The number of nitrogens with zero attached hydrogens (tertiary/aromatic N) is 2. The van der Waals surface area contributed by atoms with Gasteiger partial charge in [0, 0.05) is 29.2 Å². The van der Waals surface area contributed by atoms with Crippen molar-refractivity contribution in [1.82, 2.24) is 4.98 Å². The van der Waals surface area contributed by atoms with E-state index in [0.717, 1.165) is 24.4 Å². The molecule has 0 amide bonds. The first-order valence-corrected chi connectivity index (χ1v) is 8.28. The summed E-state index contributed by atoms with van der Waals surface area (Å²) in [6, 6.07) is 21.5. The van der Waals surface area contributed by atoms with E-state index in [1.54, 1.807) is 0 Å². The van der Waals surface area contributed by atoms with Crippen LogP contribution in [0.3, 0.4) is 0 Å². The zero-order chi connectivity index (χ0) is 15.8. The number of hydrogen-bond donors (Lipinski definition) is 0. The summed E-state index contributed by atoms with van der Waals surface area (Å²) in [5.74, 6) is 1.09. The summed E-state index contributed by atoms with van der Waals surface area (Å²) in [5.41, 5.74) is 1.10. The van der Waals surface area contributed by atoms with Gasteiger partial charge in [0.25, 0.3) is 0 Å². The van der Waals surface area contributed by atoms with Gasteiger partial charge in [-0.1, -0.05) is 60.7 Å². The minimum absolute atomic E-state index is 0.962. The van der Waals surface area contributed by atoms with Gasteiger partial charge in [0.2, 0.25) is 0 Å². The van der Waals surface area contributed by atoms with Crippen molar-refractivity contribution in [1.29, 1.82) is 0 Å². The maximum atomic E-state index is 5.10. The average molecular weight is 300 g/mol. The summed E-state index contributed by atoms with van der Waals surface area (Å²) in [6.45, 7) is 6.30. The lowest BCUT2D eigenvalue weighted by atomic mass is 10.0. The van der Waals surface area contributed by atoms with Crippen molar-refractivity contribution >= 4 is 38.3 Å². The van der Waals surface area contributed by atoms with Gasteiger partial charge >= 0.3 is 0 Å². The molecular weight excluding hydrogens is 280 g/mol. The van der Waals surface area contributed by atoms with Crippen molar-refractivity contribution in [2.24, 2.45) is 0 Å². The smallest absolute Gasteiger partial charge is 0.137 e. The lowest BCUT2D eigenvalue weighted by molar-refractivity contribution is 0.855. The first kappa shape index (κ1) is 14.0. The molecule has 23 heavy (non-hydrogen) atoms. The third-order valence-electron chi connectivity index (χ3n) is 4.64. The van der Waals surface area contributed by atoms with Crippen LogP contribution in [-0.2, 0) is 0 Å². The van der Waals surface area contributed by atoms with Gasteiger partial charge in [-0.3, -0.25) is 0 Å². The summed E-state index contributed by atoms with van der Waals surface area (Å²) in [7, 11) is 0. The molecule has 1 heterocycles. The highest BCUT2D eigenvalue weighted by atomic mass is 15.2. The summed E-state index contributed by atoms with van der Waals surface area (Å²) >= 11 is 0. The Morgan fingerprint density at radius 3 is 2.09 bits per heavy atom. The van der Waals surface area contributed by atoms with Gasteiger partial charge in [-0.05, 0) is 24.6 Å². The van der Waals surface area contributed by atoms with E-state index in [0.29, 0.717) is 0 Å². The van der Waals surface area contributed by atoms with Crippen LogP contribution in [0.5, 0.6) is 0 Å². The number of fused-ring (bicyclic) bond motifs is 5. The topological polar surface area (TPSA) is 16.1 Å². The molecule has 0 fully saturated rings. The molecule has 0 saturated carbocycles. The van der Waals surface area contributed by atoms with E-state index in [1.807, 2.05) is 0 Å². The number of benzene rings is 3. The Labute approximate surface area is 136 Å². The molecule has 4 aromatic rings. The molecule has 2 nitrogen and oxygen atoms in total. The minimum Gasteiger partial charge on any atom is -0.357 e. The number of rotatable bonds is 3. The molecule has 0 N–H and O–H groups in total. The van der Waals surface area contributed by atoms with Gasteiger partial charge in [0.1, 0.15) is 5.82 Å². The minimum atomic E-state index is 0.962. The molecule has 3 aromatic carbocycles. The highest BCUT2D eigenvalue weighted by Gasteiger charge is 2.13. The summed E-state index contributed by atoms with van der Waals surface area (Å²) in [6.07, 6.45) is 0. The largest absolute Gasteiger partial charge is 0.357 e. The van der Waals surface area contributed by atoms with E-state index in [-0.39, 0.29) is 0 Å². The Kier molecular flexibility index (Phi) is 3.38. The van der Waals surface area contributed by atoms with Crippen molar-refractivity contribution in [2.45, 2.75) is 13.8 Å². The van der Waals surface area contributed by atoms with Crippen LogP contribution < -0.4 is 4.90 Å². The Balaban J connectivity index is 2.21. The Morgan fingerprint density at radius 2 is 1.35 bits per heavy atom. The normalized spacial score (nSPS) is 11.4. The summed E-state index contributed by atoms with van der Waals surface area (Å²) in [4.78, 5) is 7.44. The number of aromatic nitrogens is 1. The Bertz CT molecular complexity index is 1000. The van der Waals surface area contributed by atoms with E-state index in [4.69, 9.17) is 4.98 Å². The highest BCUT2D eigenvalue weighted by molar-refractivity contribution is 6.17. The molecule has 0 atom stereocenters. The van der Waals surface area contributed by atoms with Gasteiger partial charge in [-0.15, -0.1) is 0 Å². The van der Waals surface area contributed by atoms with Crippen LogP contribution in [0.2, 0.25) is 0 Å². The first-order chi connectivity index (χ1) is 11.3. The predicted octanol–water partition coefficient (Wildman–Crippen LogP) is 5.39. The molecule has 0 bridgehead atoms. The third-order valence-corrected chi connectivity index (χ3v) is 4.64. The second-order valence-electron chi connectivity index (χ2n) is 5.84. The van der Waals surface area contributed by atoms with Crippen LogP contribution >= 0.6 is 0 Å². The lowest BCUT2D eigenvalue weighted by Gasteiger charge is -2.22. The fourth-order valence-corrected chi connectivity index (χ4v) is 3.44. The van der Waals surface area contributed by atoms with Crippen molar-refractivity contribution < 1.29 is 0 Å². The predicted molar refractivity (Wildman–Crippen MR) is 100 cm³/mol. The zero-order valence-corrected chi connectivity index (χ0v) is 13.6. The van der Waals surface area contributed by atoms with Crippen LogP contribution in [0.15, 0.2) is 60.7 Å². The van der Waals surface area contributed by atoms with E-state index in [9.17, 15) is 0 Å². The van der Waals surface area contributed by atoms with Crippen molar-refractivity contribution in [2.75, 3.05) is 18.0 Å². The molecule has 2 heteroatoms. The van der Waals surface area contributed by atoms with Crippen LogP contribution in [0.4, 0.5) is 5.82 Å². The van der Waals surface area contributed by atoms with Crippen molar-refractivity contribution in [3.05, 3.63) is 60.7 Å². The first-order valence-electron chi connectivity index (χ1n) is 8.28. The second-order valence-corrected chi connectivity index (χ2v) is 5.84. The molecule has 0 aliphatic heterocycles. The lowest BCUT2D eigenvalue weighted by Crippen LogP contribution is -2.23. The van der Waals surface area contributed by atoms with E-state index < -0.39 is 0 Å². The second kappa shape index (κ2) is 5.54. The standard InChI is InChI=1S/C21H20N2/c1-3-23(4-2)21-19-12-8-7-11-17(19)18-14-13-15-9-5-6-10-16(15)20(18)22-21/h5-14H,3-4H2,1-2H3. The fraction of sp³-hybridized carbons (Fsp3) is 0.190. The molecule has 0 saturated heterocycles. The molecule has 0 radical (unpaired) electrons. The molecule has 114 valence electrons. The third kappa shape index (κ3) is 2.14. The van der Waals surface area contributed by atoms with E-state index in [2.05, 4.69) is 79.4 Å². The number of anilines is 1. The van der Waals surface area contributed by atoms with Gasteiger partial charge in [0.05, 0.1) is 5.52 Å². The van der Waals surface area contributed by atoms with Gasteiger partial charge in [-0.25, -0.2) is 4.98 Å². The maximum absolute atomic E-state index is 5.10. The Hall–Kier alpha value is -2.61. The molecule has 1 aromatic heterocycles. The maximum Gasteiger partial charge on any atom is 0.137 e. The SMILES string of the molecule is CCN(CC)c1nc2c3ccccc3ccc2c2ccccc12. The van der Waals surface area contributed by atoms with Gasteiger partial charge in [0.15, 0.2) is 0 Å². The molecule has 4 rings (SSSR count). The van der Waals surface area contributed by atoms with Crippen molar-refractivity contribution in [3.8, 4) is 0 Å². The summed E-state index contributed by atoms with van der Waals surface area (Å²) < 4.78 is 0. The fourth-order valence-electron chi connectivity index (χ4n) is 3.44. The number of pyridine rings is 1. The zero-order valence-electron chi connectivity index (χ0n) is 13.6. The molecule has 0 aliphatic rings. The van der Waals surface area contributed by atoms with Crippen LogP contribution in [-0.4, -0.2) is 18.1 Å². The van der Waals surface area contributed by atoms with Crippen LogP contribution in [0, 0.1) is 0 Å². The molecule has 0 unspecified atom stereocenters. The summed E-state index contributed by atoms with van der Waals surface area (Å²) in [5, 5.41) is 6.22. The van der Waals surface area contributed by atoms with Crippen LogP contribution in [0.25, 0.3) is 32.4 Å². The average Bonchev–Trinajstić information content (AvgIpc) is 2.62. The van der Waals surface area contributed by atoms with E-state index in [1.165, 1.54) is 26.9 Å². The monoisotopic (exact) mass is 300 g/mol. The molecule has 0 spiro atoms. The molecule has 0 aliphatic carbocycles. The van der Waals surface area contributed by atoms with E-state index >= 15 is 0 Å². The van der Waals surface area contributed by atoms with Gasteiger partial charge in [-0.2, -0.15) is 0 Å². The quantitative estimate of drug-likeness (QED) is 0.472.